The molecule has 6 nitrogen and oxygen atoms in total. The average molecular weight is 236 g/mol. The molecule has 1 aliphatic heterocycles. The number of nitrogens with zero attached hydrogens (tertiary/aromatic N) is 4. The SMILES string of the molecule is CN(C)C(=O)c1ccnc(N2CC[C@@H](O)C2)n1. The second-order valence-electron chi connectivity index (χ2n) is 4.33. The quantitative estimate of drug-likeness (QED) is 0.766. The maximum absolute atomic E-state index is 11.7. The number of carbonyl (C=O) groups excluding carboxylic acids is 1. The van der Waals surface area contributed by atoms with E-state index in [9.17, 15) is 9.90 Å². The molecule has 1 aliphatic rings. The van der Waals surface area contributed by atoms with Crippen LogP contribution >= 0.6 is 0 Å². The van der Waals surface area contributed by atoms with Crippen molar-refractivity contribution < 1.29 is 9.90 Å². The smallest absolute Gasteiger partial charge is 0.272 e. The third-order valence-electron chi connectivity index (χ3n) is 2.71. The summed E-state index contributed by atoms with van der Waals surface area (Å²) in [7, 11) is 3.37. The van der Waals surface area contributed by atoms with Crippen molar-refractivity contribution in [3.8, 4) is 0 Å². The minimum atomic E-state index is -0.327. The van der Waals surface area contributed by atoms with Crippen LogP contribution in [0.5, 0.6) is 0 Å². The highest BCUT2D eigenvalue weighted by atomic mass is 16.3. The summed E-state index contributed by atoms with van der Waals surface area (Å²) < 4.78 is 0. The summed E-state index contributed by atoms with van der Waals surface area (Å²) in [6, 6.07) is 1.60. The minimum Gasteiger partial charge on any atom is -0.391 e. The Morgan fingerprint density at radius 1 is 1.59 bits per heavy atom. The molecule has 17 heavy (non-hydrogen) atoms. The Bertz CT molecular complexity index is 422. The zero-order valence-electron chi connectivity index (χ0n) is 10.00. The van der Waals surface area contributed by atoms with E-state index in [2.05, 4.69) is 9.97 Å². The van der Waals surface area contributed by atoms with Gasteiger partial charge in [-0.05, 0) is 12.5 Å². The normalized spacial score (nSPS) is 19.5. The lowest BCUT2D eigenvalue weighted by molar-refractivity contribution is 0.0822. The second-order valence-corrected chi connectivity index (χ2v) is 4.33. The third-order valence-corrected chi connectivity index (χ3v) is 2.71. The fourth-order valence-corrected chi connectivity index (χ4v) is 1.77. The highest BCUT2D eigenvalue weighted by molar-refractivity contribution is 5.92. The molecular weight excluding hydrogens is 220 g/mol. The van der Waals surface area contributed by atoms with Crippen LogP contribution in [0.2, 0.25) is 0 Å². The molecule has 1 fully saturated rings. The first kappa shape index (κ1) is 11.8. The summed E-state index contributed by atoms with van der Waals surface area (Å²) in [5.74, 6) is 0.364. The summed E-state index contributed by atoms with van der Waals surface area (Å²) in [5.41, 5.74) is 0.376. The molecular formula is C11H16N4O2. The molecule has 0 saturated carbocycles. The maximum atomic E-state index is 11.7. The van der Waals surface area contributed by atoms with Crippen molar-refractivity contribution in [1.82, 2.24) is 14.9 Å². The van der Waals surface area contributed by atoms with E-state index in [4.69, 9.17) is 0 Å². The van der Waals surface area contributed by atoms with Gasteiger partial charge >= 0.3 is 0 Å². The molecule has 0 radical (unpaired) electrons. The van der Waals surface area contributed by atoms with Crippen LogP contribution in [0, 0.1) is 0 Å². The number of amides is 1. The Hall–Kier alpha value is -1.69. The van der Waals surface area contributed by atoms with Crippen molar-refractivity contribution in [2.75, 3.05) is 32.1 Å². The molecule has 1 N–H and O–H groups in total. The molecule has 92 valence electrons. The number of anilines is 1. The zero-order chi connectivity index (χ0) is 12.4. The summed E-state index contributed by atoms with van der Waals surface area (Å²) in [6.07, 6.45) is 1.96. The number of aliphatic hydroxyl groups excluding tert-OH is 1. The maximum Gasteiger partial charge on any atom is 0.272 e. The summed E-state index contributed by atoms with van der Waals surface area (Å²) >= 11 is 0. The van der Waals surface area contributed by atoms with E-state index in [0.717, 1.165) is 13.0 Å². The van der Waals surface area contributed by atoms with Gasteiger partial charge in [-0.1, -0.05) is 0 Å². The van der Waals surface area contributed by atoms with Gasteiger partial charge in [-0.25, -0.2) is 9.97 Å². The van der Waals surface area contributed by atoms with Gasteiger partial charge < -0.3 is 14.9 Å². The van der Waals surface area contributed by atoms with Gasteiger partial charge in [-0.3, -0.25) is 4.79 Å². The standard InChI is InChI=1S/C11H16N4O2/c1-14(2)10(17)9-3-5-12-11(13-9)15-6-4-8(16)7-15/h3,5,8,16H,4,6-7H2,1-2H3/t8-/m1/s1. The molecule has 6 heteroatoms. The molecule has 0 unspecified atom stereocenters. The van der Waals surface area contributed by atoms with Crippen molar-refractivity contribution in [2.24, 2.45) is 0 Å². The van der Waals surface area contributed by atoms with Crippen LogP contribution in [0.3, 0.4) is 0 Å². The number of hydrogen-bond donors (Lipinski definition) is 1. The Morgan fingerprint density at radius 2 is 2.35 bits per heavy atom. The second kappa shape index (κ2) is 4.67. The Morgan fingerprint density at radius 3 is 2.94 bits per heavy atom. The van der Waals surface area contributed by atoms with Gasteiger partial charge in [0.2, 0.25) is 5.95 Å². The molecule has 1 aromatic rings. The van der Waals surface area contributed by atoms with E-state index >= 15 is 0 Å². The van der Waals surface area contributed by atoms with Gasteiger partial charge in [0.05, 0.1) is 6.10 Å². The molecule has 2 heterocycles. The molecule has 0 spiro atoms. The van der Waals surface area contributed by atoms with E-state index in [-0.39, 0.29) is 12.0 Å². The lowest BCUT2D eigenvalue weighted by Crippen LogP contribution is -2.26. The number of aromatic nitrogens is 2. The lowest BCUT2D eigenvalue weighted by Gasteiger charge is -2.16. The number of rotatable bonds is 2. The van der Waals surface area contributed by atoms with E-state index < -0.39 is 0 Å². The number of hydrogen-bond acceptors (Lipinski definition) is 5. The number of aliphatic hydroxyl groups is 1. The Kier molecular flexibility index (Phi) is 3.23. The van der Waals surface area contributed by atoms with Crippen LogP contribution in [0.15, 0.2) is 12.3 Å². The largest absolute Gasteiger partial charge is 0.391 e. The van der Waals surface area contributed by atoms with Gasteiger partial charge in [0, 0.05) is 33.4 Å². The van der Waals surface area contributed by atoms with Crippen LogP contribution in [0.4, 0.5) is 5.95 Å². The molecule has 0 aromatic carbocycles. The summed E-state index contributed by atoms with van der Waals surface area (Å²) in [5, 5.41) is 9.46. The van der Waals surface area contributed by atoms with Gasteiger partial charge in [0.25, 0.3) is 5.91 Å². The Labute approximate surface area is 99.9 Å². The first-order valence-corrected chi connectivity index (χ1v) is 5.55. The Balaban J connectivity index is 2.20. The minimum absolute atomic E-state index is 0.145. The third kappa shape index (κ3) is 2.52. The topological polar surface area (TPSA) is 69.6 Å². The van der Waals surface area contributed by atoms with Crippen molar-refractivity contribution in [2.45, 2.75) is 12.5 Å². The molecule has 1 atom stereocenters. The van der Waals surface area contributed by atoms with Crippen molar-refractivity contribution >= 4 is 11.9 Å². The molecule has 0 bridgehead atoms. The van der Waals surface area contributed by atoms with Gasteiger partial charge in [-0.2, -0.15) is 0 Å². The fraction of sp³-hybridized carbons (Fsp3) is 0.545. The number of β-amino-alcohol motifs (C(OH)–C–C–N with tert-alkyl or cyclic N) is 1. The van der Waals surface area contributed by atoms with E-state index in [1.165, 1.54) is 4.90 Å². The van der Waals surface area contributed by atoms with Gasteiger partial charge in [0.1, 0.15) is 5.69 Å². The van der Waals surface area contributed by atoms with Crippen LogP contribution in [0.1, 0.15) is 16.9 Å². The first-order chi connectivity index (χ1) is 8.08. The summed E-state index contributed by atoms with van der Waals surface area (Å²) in [4.78, 5) is 23.5. The van der Waals surface area contributed by atoms with Crippen LogP contribution in [-0.2, 0) is 0 Å². The highest BCUT2D eigenvalue weighted by Gasteiger charge is 2.23. The fourth-order valence-electron chi connectivity index (χ4n) is 1.77. The molecule has 1 amide bonds. The van der Waals surface area contributed by atoms with Crippen LogP contribution < -0.4 is 4.90 Å². The zero-order valence-corrected chi connectivity index (χ0v) is 10.00. The number of carbonyl (C=O) groups is 1. The average Bonchev–Trinajstić information content (AvgIpc) is 2.75. The first-order valence-electron chi connectivity index (χ1n) is 5.55. The molecule has 1 aromatic heterocycles. The summed E-state index contributed by atoms with van der Waals surface area (Å²) in [6.45, 7) is 1.25. The predicted molar refractivity (Wildman–Crippen MR) is 62.9 cm³/mol. The van der Waals surface area contributed by atoms with Crippen molar-refractivity contribution in [1.29, 1.82) is 0 Å². The molecule has 0 aliphatic carbocycles. The van der Waals surface area contributed by atoms with Crippen LogP contribution in [0.25, 0.3) is 0 Å². The van der Waals surface area contributed by atoms with E-state index in [0.29, 0.717) is 18.2 Å². The predicted octanol–water partition coefficient (Wildman–Crippen LogP) is -0.251. The van der Waals surface area contributed by atoms with Crippen LogP contribution in [-0.4, -0.2) is 59.2 Å². The van der Waals surface area contributed by atoms with Crippen molar-refractivity contribution in [3.05, 3.63) is 18.0 Å². The molecule has 1 saturated heterocycles. The van der Waals surface area contributed by atoms with Gasteiger partial charge in [0.15, 0.2) is 0 Å². The lowest BCUT2D eigenvalue weighted by atomic mass is 10.3. The van der Waals surface area contributed by atoms with E-state index in [1.54, 1.807) is 26.4 Å². The monoisotopic (exact) mass is 236 g/mol. The molecule has 2 rings (SSSR count). The van der Waals surface area contributed by atoms with E-state index in [1.807, 2.05) is 4.90 Å². The van der Waals surface area contributed by atoms with Crippen molar-refractivity contribution in [3.63, 3.8) is 0 Å². The highest BCUT2D eigenvalue weighted by Crippen LogP contribution is 2.16. The van der Waals surface area contributed by atoms with Gasteiger partial charge in [-0.15, -0.1) is 0 Å².